The minimum absolute atomic E-state index is 0.0298. The van der Waals surface area contributed by atoms with Gasteiger partial charge in [-0.1, -0.05) is 27.7 Å². The van der Waals surface area contributed by atoms with E-state index in [9.17, 15) is 0 Å². The van der Waals surface area contributed by atoms with Crippen molar-refractivity contribution in [3.05, 3.63) is 15.1 Å². The molecule has 118 valence electrons. The maximum Gasteiger partial charge on any atom is 0.143 e. The predicted octanol–water partition coefficient (Wildman–Crippen LogP) is 4.09. The molecule has 2 heterocycles. The molecule has 5 heteroatoms. The molecule has 1 aliphatic rings. The summed E-state index contributed by atoms with van der Waals surface area (Å²) in [6.45, 7) is 11.4. The van der Waals surface area contributed by atoms with Gasteiger partial charge in [-0.25, -0.2) is 9.97 Å². The lowest BCUT2D eigenvalue weighted by atomic mass is 9.91. The fourth-order valence-corrected chi connectivity index (χ4v) is 3.70. The van der Waals surface area contributed by atoms with E-state index < -0.39 is 0 Å². The third kappa shape index (κ3) is 4.28. The van der Waals surface area contributed by atoms with Gasteiger partial charge in [0.15, 0.2) is 0 Å². The molecule has 0 aliphatic carbocycles. The van der Waals surface area contributed by atoms with Crippen molar-refractivity contribution in [2.24, 2.45) is 0 Å². The van der Waals surface area contributed by atoms with Crippen molar-refractivity contribution in [1.29, 1.82) is 0 Å². The van der Waals surface area contributed by atoms with Gasteiger partial charge in [0.1, 0.15) is 11.6 Å². The summed E-state index contributed by atoms with van der Waals surface area (Å²) >= 11 is 2.38. The monoisotopic (exact) mass is 403 g/mol. The van der Waals surface area contributed by atoms with Gasteiger partial charge in [0.2, 0.25) is 0 Å². The molecule has 1 fully saturated rings. The molecule has 1 aliphatic heterocycles. The first-order chi connectivity index (χ1) is 9.93. The molecule has 1 saturated heterocycles. The Morgan fingerprint density at radius 2 is 1.90 bits per heavy atom. The van der Waals surface area contributed by atoms with Crippen LogP contribution in [0.25, 0.3) is 0 Å². The molecule has 0 amide bonds. The van der Waals surface area contributed by atoms with Crippen molar-refractivity contribution in [3.8, 4) is 0 Å². The van der Waals surface area contributed by atoms with Gasteiger partial charge >= 0.3 is 0 Å². The summed E-state index contributed by atoms with van der Waals surface area (Å²) in [5, 5.41) is 3.46. The smallest absolute Gasteiger partial charge is 0.143 e. The van der Waals surface area contributed by atoms with E-state index in [1.807, 2.05) is 0 Å². The summed E-state index contributed by atoms with van der Waals surface area (Å²) in [6, 6.07) is 0. The lowest BCUT2D eigenvalue weighted by Gasteiger charge is -2.26. The van der Waals surface area contributed by atoms with Gasteiger partial charge in [0, 0.05) is 31.1 Å². The number of aromatic nitrogens is 2. The normalized spacial score (nSPS) is 17.0. The molecule has 1 aromatic rings. The van der Waals surface area contributed by atoms with Crippen LogP contribution in [0.3, 0.4) is 0 Å². The molecule has 0 spiro atoms. The van der Waals surface area contributed by atoms with Crippen molar-refractivity contribution >= 4 is 28.4 Å². The first-order valence-corrected chi connectivity index (χ1v) is 8.91. The van der Waals surface area contributed by atoms with Crippen LogP contribution in [0.4, 0.5) is 5.82 Å². The Morgan fingerprint density at radius 1 is 1.24 bits per heavy atom. The number of hydrogen-bond acceptors (Lipinski definition) is 4. The third-order valence-corrected chi connectivity index (χ3v) is 4.73. The van der Waals surface area contributed by atoms with Crippen LogP contribution in [0.1, 0.15) is 64.4 Å². The van der Waals surface area contributed by atoms with Crippen LogP contribution < -0.4 is 5.32 Å². The number of ether oxygens (including phenoxy) is 1. The van der Waals surface area contributed by atoms with Crippen LogP contribution in [0, 0.1) is 3.57 Å². The zero-order valence-corrected chi connectivity index (χ0v) is 15.7. The summed E-state index contributed by atoms with van der Waals surface area (Å²) in [6.07, 6.45) is 3.15. The van der Waals surface area contributed by atoms with E-state index in [0.717, 1.165) is 59.9 Å². The topological polar surface area (TPSA) is 47.0 Å². The Bertz CT molecular complexity index is 479. The van der Waals surface area contributed by atoms with Gasteiger partial charge in [-0.2, -0.15) is 0 Å². The van der Waals surface area contributed by atoms with Crippen LogP contribution in [0.5, 0.6) is 0 Å². The highest BCUT2D eigenvalue weighted by Gasteiger charge is 2.26. The summed E-state index contributed by atoms with van der Waals surface area (Å²) < 4.78 is 6.62. The zero-order valence-electron chi connectivity index (χ0n) is 13.5. The Labute approximate surface area is 141 Å². The van der Waals surface area contributed by atoms with Crippen molar-refractivity contribution < 1.29 is 4.74 Å². The highest BCUT2D eigenvalue weighted by atomic mass is 127. The Balaban J connectivity index is 2.39. The molecule has 2 rings (SSSR count). The minimum Gasteiger partial charge on any atom is -0.381 e. The number of halogens is 1. The molecule has 0 radical (unpaired) electrons. The largest absolute Gasteiger partial charge is 0.381 e. The maximum absolute atomic E-state index is 5.46. The SMILES string of the molecule is CCCNc1nc(C2CCOCC2)nc(C(C)(C)C)c1I. The van der Waals surface area contributed by atoms with Crippen LogP contribution >= 0.6 is 22.6 Å². The lowest BCUT2D eigenvalue weighted by Crippen LogP contribution is -2.23. The molecule has 0 saturated carbocycles. The quantitative estimate of drug-likeness (QED) is 0.770. The van der Waals surface area contributed by atoms with E-state index in [1.54, 1.807) is 0 Å². The number of nitrogens with zero attached hydrogens (tertiary/aromatic N) is 2. The second-order valence-corrected chi connectivity index (χ2v) is 7.74. The first-order valence-electron chi connectivity index (χ1n) is 7.83. The zero-order chi connectivity index (χ0) is 15.5. The summed E-state index contributed by atoms with van der Waals surface area (Å²) in [4.78, 5) is 9.74. The molecule has 0 bridgehead atoms. The van der Waals surface area contributed by atoms with Gasteiger partial charge in [0.05, 0.1) is 9.26 Å². The van der Waals surface area contributed by atoms with Gasteiger partial charge in [-0.3, -0.25) is 0 Å². The van der Waals surface area contributed by atoms with E-state index in [0.29, 0.717) is 5.92 Å². The average Bonchev–Trinajstić information content (AvgIpc) is 2.46. The Hall–Kier alpha value is -0.430. The molecule has 1 N–H and O–H groups in total. The highest BCUT2D eigenvalue weighted by molar-refractivity contribution is 14.1. The molecule has 0 aromatic carbocycles. The Morgan fingerprint density at radius 3 is 2.48 bits per heavy atom. The predicted molar refractivity (Wildman–Crippen MR) is 95.0 cm³/mol. The van der Waals surface area contributed by atoms with Gasteiger partial charge in [-0.15, -0.1) is 0 Å². The molecule has 4 nitrogen and oxygen atoms in total. The fraction of sp³-hybridized carbons (Fsp3) is 0.750. The lowest BCUT2D eigenvalue weighted by molar-refractivity contribution is 0.0835. The van der Waals surface area contributed by atoms with Gasteiger partial charge in [0.25, 0.3) is 0 Å². The number of hydrogen-bond donors (Lipinski definition) is 1. The molecular formula is C16H26IN3O. The second-order valence-electron chi connectivity index (χ2n) is 6.66. The average molecular weight is 403 g/mol. The van der Waals surface area contributed by atoms with Crippen molar-refractivity contribution in [1.82, 2.24) is 9.97 Å². The van der Waals surface area contributed by atoms with E-state index in [2.05, 4.69) is 55.6 Å². The first kappa shape index (κ1) is 16.9. The Kier molecular flexibility index (Phi) is 5.82. The van der Waals surface area contributed by atoms with E-state index in [4.69, 9.17) is 14.7 Å². The molecule has 1 aromatic heterocycles. The van der Waals surface area contributed by atoms with Gasteiger partial charge in [-0.05, 0) is 41.9 Å². The van der Waals surface area contributed by atoms with Crippen LogP contribution in [-0.4, -0.2) is 29.7 Å². The van der Waals surface area contributed by atoms with E-state index >= 15 is 0 Å². The van der Waals surface area contributed by atoms with Crippen molar-refractivity contribution in [3.63, 3.8) is 0 Å². The summed E-state index contributed by atoms with van der Waals surface area (Å²) in [7, 11) is 0. The number of rotatable bonds is 4. The minimum atomic E-state index is 0.0298. The fourth-order valence-electron chi connectivity index (χ4n) is 2.46. The summed E-state index contributed by atoms with van der Waals surface area (Å²) in [5.74, 6) is 2.42. The second kappa shape index (κ2) is 7.22. The van der Waals surface area contributed by atoms with Crippen LogP contribution in [0.15, 0.2) is 0 Å². The molecule has 0 atom stereocenters. The standard InChI is InChI=1S/C16H26IN3O/c1-5-8-18-15-12(17)13(16(2,3)4)19-14(20-15)11-6-9-21-10-7-11/h11H,5-10H2,1-4H3,(H,18,19,20). The van der Waals surface area contributed by atoms with Crippen LogP contribution in [0.2, 0.25) is 0 Å². The molecule has 0 unspecified atom stereocenters. The van der Waals surface area contributed by atoms with Crippen molar-refractivity contribution in [2.45, 2.75) is 58.3 Å². The van der Waals surface area contributed by atoms with Gasteiger partial charge < -0.3 is 10.1 Å². The number of anilines is 1. The summed E-state index contributed by atoms with van der Waals surface area (Å²) in [5.41, 5.74) is 1.18. The maximum atomic E-state index is 5.46. The van der Waals surface area contributed by atoms with Crippen LogP contribution in [-0.2, 0) is 10.2 Å². The molecular weight excluding hydrogens is 377 g/mol. The van der Waals surface area contributed by atoms with E-state index in [-0.39, 0.29) is 5.41 Å². The van der Waals surface area contributed by atoms with Crippen molar-refractivity contribution in [2.75, 3.05) is 25.1 Å². The van der Waals surface area contributed by atoms with E-state index in [1.165, 1.54) is 0 Å². The third-order valence-electron chi connectivity index (χ3n) is 3.71. The highest BCUT2D eigenvalue weighted by Crippen LogP contribution is 2.33. The number of nitrogens with one attached hydrogen (secondary N) is 1. The molecule has 21 heavy (non-hydrogen) atoms.